The first kappa shape index (κ1) is 11.9. The van der Waals surface area contributed by atoms with Gasteiger partial charge in [0.1, 0.15) is 0 Å². The number of pyridine rings is 1. The second-order valence-electron chi connectivity index (χ2n) is 4.33. The van der Waals surface area contributed by atoms with Gasteiger partial charge in [0.05, 0.1) is 11.8 Å². The molecule has 0 aliphatic rings. The lowest BCUT2D eigenvalue weighted by molar-refractivity contribution is 0.426. The fourth-order valence-corrected chi connectivity index (χ4v) is 2.02. The lowest BCUT2D eigenvalue weighted by Crippen LogP contribution is -2.29. The van der Waals surface area contributed by atoms with Crippen LogP contribution in [-0.2, 0) is 6.54 Å². The van der Waals surface area contributed by atoms with Gasteiger partial charge in [-0.3, -0.25) is 0 Å². The van der Waals surface area contributed by atoms with Crippen LogP contribution in [0.1, 0.15) is 5.56 Å². The molecule has 94 valence electrons. The topological polar surface area (TPSA) is 71.2 Å². The number of imidazole rings is 1. The van der Waals surface area contributed by atoms with Crippen LogP contribution in [0.3, 0.4) is 0 Å². The Labute approximate surface area is 110 Å². The monoisotopic (exact) mass is 253 g/mol. The van der Waals surface area contributed by atoms with Crippen LogP contribution in [0.2, 0.25) is 0 Å². The molecular formula is C13H12BN3O2. The van der Waals surface area contributed by atoms with Crippen LogP contribution in [0.25, 0.3) is 11.2 Å². The second-order valence-corrected chi connectivity index (χ2v) is 4.33. The summed E-state index contributed by atoms with van der Waals surface area (Å²) in [6.07, 6.45) is 3.48. The van der Waals surface area contributed by atoms with Crippen molar-refractivity contribution >= 4 is 23.7 Å². The van der Waals surface area contributed by atoms with Gasteiger partial charge in [0.25, 0.3) is 0 Å². The van der Waals surface area contributed by atoms with Crippen molar-refractivity contribution in [2.24, 2.45) is 0 Å². The lowest BCUT2D eigenvalue weighted by atomic mass is 9.80. The third-order valence-electron chi connectivity index (χ3n) is 3.03. The maximum Gasteiger partial charge on any atom is 0.488 e. The summed E-state index contributed by atoms with van der Waals surface area (Å²) in [6.45, 7) is 0.671. The maximum atomic E-state index is 9.04. The van der Waals surface area contributed by atoms with Gasteiger partial charge in [0.15, 0.2) is 5.65 Å². The summed E-state index contributed by atoms with van der Waals surface area (Å²) in [7, 11) is -1.42. The molecule has 0 spiro atoms. The fraction of sp³-hybridized carbons (Fsp3) is 0.0769. The van der Waals surface area contributed by atoms with Crippen molar-refractivity contribution in [2.75, 3.05) is 0 Å². The molecule has 3 aromatic rings. The van der Waals surface area contributed by atoms with Crippen molar-refractivity contribution in [3.8, 4) is 0 Å². The Kier molecular flexibility index (Phi) is 3.02. The highest BCUT2D eigenvalue weighted by Crippen LogP contribution is 2.11. The molecule has 0 unspecified atom stereocenters. The van der Waals surface area contributed by atoms with Crippen molar-refractivity contribution in [3.63, 3.8) is 0 Å². The van der Waals surface area contributed by atoms with Crippen LogP contribution in [0.4, 0.5) is 0 Å². The van der Waals surface area contributed by atoms with Gasteiger partial charge in [0.2, 0.25) is 0 Å². The predicted octanol–water partition coefficient (Wildman–Crippen LogP) is 0.159. The van der Waals surface area contributed by atoms with Crippen LogP contribution < -0.4 is 5.46 Å². The van der Waals surface area contributed by atoms with E-state index >= 15 is 0 Å². The number of nitrogens with zero attached hydrogens (tertiary/aromatic N) is 3. The molecule has 6 heteroatoms. The van der Waals surface area contributed by atoms with E-state index in [9.17, 15) is 0 Å². The Bertz CT molecular complexity index is 694. The smallest absolute Gasteiger partial charge is 0.423 e. The first-order valence-corrected chi connectivity index (χ1v) is 5.95. The first-order chi connectivity index (χ1) is 9.24. The van der Waals surface area contributed by atoms with E-state index in [-0.39, 0.29) is 0 Å². The zero-order valence-electron chi connectivity index (χ0n) is 10.1. The van der Waals surface area contributed by atoms with E-state index in [1.165, 1.54) is 0 Å². The quantitative estimate of drug-likeness (QED) is 0.652. The summed E-state index contributed by atoms with van der Waals surface area (Å²) in [4.78, 5) is 8.42. The van der Waals surface area contributed by atoms with Gasteiger partial charge < -0.3 is 14.6 Å². The summed E-state index contributed by atoms with van der Waals surface area (Å²) in [5, 5.41) is 18.1. The molecule has 0 bridgehead atoms. The maximum absolute atomic E-state index is 9.04. The second kappa shape index (κ2) is 4.83. The summed E-state index contributed by atoms with van der Waals surface area (Å²) >= 11 is 0. The minimum atomic E-state index is -1.42. The standard InChI is InChI=1S/C13H12BN3O2/c18-14(19)11-5-3-10(4-6-11)8-17-9-16-13-12(17)2-1-7-15-13/h1-7,9,18-19H,8H2. The zero-order chi connectivity index (χ0) is 13.2. The number of aromatic nitrogens is 3. The van der Waals surface area contributed by atoms with Gasteiger partial charge in [-0.25, -0.2) is 9.97 Å². The van der Waals surface area contributed by atoms with E-state index in [2.05, 4.69) is 9.97 Å². The molecule has 5 nitrogen and oxygen atoms in total. The highest BCUT2D eigenvalue weighted by molar-refractivity contribution is 6.58. The van der Waals surface area contributed by atoms with E-state index in [4.69, 9.17) is 10.0 Å². The molecule has 0 radical (unpaired) electrons. The van der Waals surface area contributed by atoms with Crippen LogP contribution in [-0.4, -0.2) is 31.7 Å². The first-order valence-electron chi connectivity index (χ1n) is 5.95. The number of fused-ring (bicyclic) bond motifs is 1. The van der Waals surface area contributed by atoms with Crippen molar-refractivity contribution in [1.82, 2.24) is 14.5 Å². The van der Waals surface area contributed by atoms with Gasteiger partial charge in [-0.05, 0) is 23.2 Å². The van der Waals surface area contributed by atoms with Crippen LogP contribution in [0, 0.1) is 0 Å². The summed E-state index contributed by atoms with van der Waals surface area (Å²) in [5.74, 6) is 0. The highest BCUT2D eigenvalue weighted by Gasteiger charge is 2.10. The van der Waals surface area contributed by atoms with Gasteiger partial charge >= 0.3 is 7.12 Å². The Balaban J connectivity index is 1.88. The predicted molar refractivity (Wildman–Crippen MR) is 72.9 cm³/mol. The number of benzene rings is 1. The molecule has 0 aliphatic heterocycles. The van der Waals surface area contributed by atoms with Crippen molar-refractivity contribution < 1.29 is 10.0 Å². The third-order valence-corrected chi connectivity index (χ3v) is 3.03. The summed E-state index contributed by atoms with van der Waals surface area (Å²) < 4.78 is 2.01. The van der Waals surface area contributed by atoms with Crippen LogP contribution >= 0.6 is 0 Å². The molecular weight excluding hydrogens is 241 g/mol. The fourth-order valence-electron chi connectivity index (χ4n) is 2.02. The SMILES string of the molecule is OB(O)c1ccc(Cn2cnc3ncccc32)cc1. The van der Waals surface area contributed by atoms with Gasteiger partial charge in [-0.15, -0.1) is 0 Å². The van der Waals surface area contributed by atoms with Crippen molar-refractivity contribution in [1.29, 1.82) is 0 Å². The molecule has 3 rings (SSSR count). The van der Waals surface area contributed by atoms with Crippen molar-refractivity contribution in [2.45, 2.75) is 6.54 Å². The minimum absolute atomic E-state index is 0.487. The van der Waals surface area contributed by atoms with E-state index in [1.54, 1.807) is 24.7 Å². The Hall–Kier alpha value is -2.18. The van der Waals surface area contributed by atoms with E-state index < -0.39 is 7.12 Å². The largest absolute Gasteiger partial charge is 0.488 e. The average molecular weight is 253 g/mol. The van der Waals surface area contributed by atoms with Gasteiger partial charge in [0, 0.05) is 12.7 Å². The van der Waals surface area contributed by atoms with Crippen molar-refractivity contribution in [3.05, 3.63) is 54.5 Å². The molecule has 1 aromatic carbocycles. The van der Waals surface area contributed by atoms with Crippen LogP contribution in [0.5, 0.6) is 0 Å². The Morgan fingerprint density at radius 2 is 1.84 bits per heavy atom. The highest BCUT2D eigenvalue weighted by atomic mass is 16.4. The van der Waals surface area contributed by atoms with Gasteiger partial charge in [-0.1, -0.05) is 24.3 Å². The number of rotatable bonds is 3. The average Bonchev–Trinajstić information content (AvgIpc) is 2.83. The molecule has 0 saturated carbocycles. The van der Waals surface area contributed by atoms with E-state index in [0.717, 1.165) is 16.7 Å². The normalized spacial score (nSPS) is 10.8. The molecule has 0 atom stereocenters. The number of hydrogen-bond acceptors (Lipinski definition) is 4. The molecule has 2 N–H and O–H groups in total. The minimum Gasteiger partial charge on any atom is -0.423 e. The summed E-state index contributed by atoms with van der Waals surface area (Å²) in [5.41, 5.74) is 3.26. The van der Waals surface area contributed by atoms with E-state index in [0.29, 0.717) is 12.0 Å². The molecule has 0 fully saturated rings. The van der Waals surface area contributed by atoms with E-state index in [1.807, 2.05) is 28.8 Å². The molecule has 0 amide bonds. The molecule has 0 saturated heterocycles. The molecule has 19 heavy (non-hydrogen) atoms. The molecule has 2 heterocycles. The Morgan fingerprint density at radius 1 is 1.05 bits per heavy atom. The third kappa shape index (κ3) is 2.36. The summed E-state index contributed by atoms with van der Waals surface area (Å²) in [6, 6.07) is 11.0. The zero-order valence-corrected chi connectivity index (χ0v) is 10.1. The van der Waals surface area contributed by atoms with Gasteiger partial charge in [-0.2, -0.15) is 0 Å². The van der Waals surface area contributed by atoms with Crippen LogP contribution in [0.15, 0.2) is 48.9 Å². The molecule has 0 aliphatic carbocycles. The lowest BCUT2D eigenvalue weighted by Gasteiger charge is -2.05. The molecule has 2 aromatic heterocycles. The number of hydrogen-bond donors (Lipinski definition) is 2. The Morgan fingerprint density at radius 3 is 2.58 bits per heavy atom.